The Morgan fingerprint density at radius 1 is 1.32 bits per heavy atom. The van der Waals surface area contributed by atoms with Gasteiger partial charge in [-0.25, -0.2) is 0 Å². The van der Waals surface area contributed by atoms with Gasteiger partial charge in [-0.15, -0.1) is 0 Å². The third-order valence-electron chi connectivity index (χ3n) is 3.48. The van der Waals surface area contributed by atoms with E-state index in [0.29, 0.717) is 19.6 Å². The summed E-state index contributed by atoms with van der Waals surface area (Å²) in [7, 11) is 0. The summed E-state index contributed by atoms with van der Waals surface area (Å²) in [5.74, 6) is 0.164. The molecule has 0 aromatic heterocycles. The molecule has 1 saturated heterocycles. The zero-order chi connectivity index (χ0) is 14.1. The standard InChI is InChI=1S/C14H25N3O2/c1-3-5-13(12-15)16-7-9-17(10-8-16)14(18)6-11-19-4-2/h13H,3-11H2,1-2H3. The van der Waals surface area contributed by atoms with E-state index < -0.39 is 0 Å². The van der Waals surface area contributed by atoms with Gasteiger partial charge in [0, 0.05) is 32.8 Å². The van der Waals surface area contributed by atoms with Crippen LogP contribution in [0.2, 0.25) is 0 Å². The number of ether oxygens (including phenoxy) is 1. The van der Waals surface area contributed by atoms with Gasteiger partial charge in [0.1, 0.15) is 0 Å². The first-order valence-corrected chi connectivity index (χ1v) is 7.22. The van der Waals surface area contributed by atoms with Crippen molar-refractivity contribution in [1.29, 1.82) is 5.26 Å². The molecule has 1 atom stereocenters. The van der Waals surface area contributed by atoms with E-state index in [-0.39, 0.29) is 11.9 Å². The molecular formula is C14H25N3O2. The molecule has 0 saturated carbocycles. The summed E-state index contributed by atoms with van der Waals surface area (Å²) < 4.78 is 5.20. The van der Waals surface area contributed by atoms with Crippen molar-refractivity contribution in [3.8, 4) is 6.07 Å². The minimum Gasteiger partial charge on any atom is -0.381 e. The summed E-state index contributed by atoms with van der Waals surface area (Å²) in [6.45, 7) is 8.25. The van der Waals surface area contributed by atoms with Crippen molar-refractivity contribution in [1.82, 2.24) is 9.80 Å². The zero-order valence-corrected chi connectivity index (χ0v) is 12.1. The highest BCUT2D eigenvalue weighted by Gasteiger charge is 2.25. The molecule has 1 amide bonds. The van der Waals surface area contributed by atoms with Gasteiger partial charge in [-0.3, -0.25) is 9.69 Å². The van der Waals surface area contributed by atoms with Crippen LogP contribution in [0.1, 0.15) is 33.1 Å². The van der Waals surface area contributed by atoms with E-state index in [1.165, 1.54) is 0 Å². The van der Waals surface area contributed by atoms with Crippen molar-refractivity contribution >= 4 is 5.91 Å². The number of nitrogens with zero attached hydrogens (tertiary/aromatic N) is 3. The number of rotatable bonds is 7. The Balaban J connectivity index is 2.32. The van der Waals surface area contributed by atoms with Crippen molar-refractivity contribution in [2.45, 2.75) is 39.2 Å². The first-order chi connectivity index (χ1) is 9.22. The predicted molar refractivity (Wildman–Crippen MR) is 73.6 cm³/mol. The second-order valence-corrected chi connectivity index (χ2v) is 4.80. The Morgan fingerprint density at radius 3 is 2.53 bits per heavy atom. The van der Waals surface area contributed by atoms with Crippen molar-refractivity contribution in [3.63, 3.8) is 0 Å². The van der Waals surface area contributed by atoms with Crippen LogP contribution in [0.3, 0.4) is 0 Å². The van der Waals surface area contributed by atoms with Crippen molar-refractivity contribution < 1.29 is 9.53 Å². The number of hydrogen-bond acceptors (Lipinski definition) is 4. The SMILES string of the molecule is CCCC(C#N)N1CCN(C(=O)CCOCC)CC1. The topological polar surface area (TPSA) is 56.6 Å². The van der Waals surface area contributed by atoms with Gasteiger partial charge in [-0.1, -0.05) is 13.3 Å². The van der Waals surface area contributed by atoms with Gasteiger partial charge in [0.15, 0.2) is 0 Å². The molecule has 0 radical (unpaired) electrons. The summed E-state index contributed by atoms with van der Waals surface area (Å²) in [4.78, 5) is 16.0. The summed E-state index contributed by atoms with van der Waals surface area (Å²) in [6, 6.07) is 2.37. The van der Waals surface area contributed by atoms with Crippen LogP contribution in [0.4, 0.5) is 0 Å². The monoisotopic (exact) mass is 267 g/mol. The molecule has 19 heavy (non-hydrogen) atoms. The maximum absolute atomic E-state index is 11.9. The van der Waals surface area contributed by atoms with Gasteiger partial charge in [-0.2, -0.15) is 5.26 Å². The molecule has 0 aromatic rings. The van der Waals surface area contributed by atoms with E-state index in [1.807, 2.05) is 11.8 Å². The van der Waals surface area contributed by atoms with E-state index in [0.717, 1.165) is 39.0 Å². The maximum Gasteiger partial charge on any atom is 0.224 e. The Morgan fingerprint density at radius 2 is 2.00 bits per heavy atom. The first kappa shape index (κ1) is 15.9. The van der Waals surface area contributed by atoms with Crippen molar-refractivity contribution in [3.05, 3.63) is 0 Å². The number of carbonyl (C=O) groups is 1. The lowest BCUT2D eigenvalue weighted by molar-refractivity contribution is -0.134. The second-order valence-electron chi connectivity index (χ2n) is 4.80. The molecule has 108 valence electrons. The quantitative estimate of drug-likeness (QED) is 0.651. The summed E-state index contributed by atoms with van der Waals surface area (Å²) in [6.07, 6.45) is 2.39. The van der Waals surface area contributed by atoms with Crippen LogP contribution >= 0.6 is 0 Å². The highest BCUT2D eigenvalue weighted by Crippen LogP contribution is 2.11. The van der Waals surface area contributed by atoms with Crippen LogP contribution in [0.15, 0.2) is 0 Å². The molecule has 0 aromatic carbocycles. The average Bonchev–Trinajstić information content (AvgIpc) is 2.45. The maximum atomic E-state index is 11.9. The zero-order valence-electron chi connectivity index (χ0n) is 12.1. The van der Waals surface area contributed by atoms with Crippen LogP contribution in [0, 0.1) is 11.3 Å². The molecule has 0 aliphatic carbocycles. The molecule has 0 spiro atoms. The Kier molecular flexibility index (Phi) is 7.46. The number of nitriles is 1. The molecule has 0 N–H and O–H groups in total. The fourth-order valence-corrected chi connectivity index (χ4v) is 2.35. The fourth-order valence-electron chi connectivity index (χ4n) is 2.35. The molecule has 5 nitrogen and oxygen atoms in total. The van der Waals surface area contributed by atoms with Gasteiger partial charge in [0.05, 0.1) is 25.1 Å². The summed E-state index contributed by atoms with van der Waals surface area (Å²) in [5, 5.41) is 9.14. The van der Waals surface area contributed by atoms with Gasteiger partial charge in [0.2, 0.25) is 5.91 Å². The van der Waals surface area contributed by atoms with Crippen LogP contribution < -0.4 is 0 Å². The molecule has 1 fully saturated rings. The van der Waals surface area contributed by atoms with E-state index in [1.54, 1.807) is 0 Å². The molecule has 1 heterocycles. The fraction of sp³-hybridized carbons (Fsp3) is 0.857. The molecule has 5 heteroatoms. The largest absolute Gasteiger partial charge is 0.381 e. The Bertz CT molecular complexity index is 306. The number of piperazine rings is 1. The molecule has 1 aliphatic heterocycles. The smallest absolute Gasteiger partial charge is 0.224 e. The predicted octanol–water partition coefficient (Wildman–Crippen LogP) is 1.25. The lowest BCUT2D eigenvalue weighted by Crippen LogP contribution is -2.51. The second kappa shape index (κ2) is 8.89. The van der Waals surface area contributed by atoms with Crippen LogP contribution in [0.25, 0.3) is 0 Å². The number of hydrogen-bond donors (Lipinski definition) is 0. The number of amides is 1. The highest BCUT2D eigenvalue weighted by molar-refractivity contribution is 5.76. The molecule has 1 rings (SSSR count). The van der Waals surface area contributed by atoms with Crippen LogP contribution in [-0.4, -0.2) is 61.1 Å². The van der Waals surface area contributed by atoms with E-state index >= 15 is 0 Å². The third-order valence-corrected chi connectivity index (χ3v) is 3.48. The Labute approximate surface area is 116 Å². The van der Waals surface area contributed by atoms with Crippen molar-refractivity contribution in [2.24, 2.45) is 0 Å². The molecule has 1 aliphatic rings. The summed E-state index contributed by atoms with van der Waals surface area (Å²) >= 11 is 0. The lowest BCUT2D eigenvalue weighted by Gasteiger charge is -2.37. The van der Waals surface area contributed by atoms with E-state index in [9.17, 15) is 4.79 Å². The minimum atomic E-state index is 0.00526. The number of carbonyl (C=O) groups excluding carboxylic acids is 1. The van der Waals surface area contributed by atoms with Gasteiger partial charge in [0.25, 0.3) is 0 Å². The Hall–Kier alpha value is -1.12. The average molecular weight is 267 g/mol. The van der Waals surface area contributed by atoms with Crippen molar-refractivity contribution in [2.75, 3.05) is 39.4 Å². The normalized spacial score (nSPS) is 18.1. The van der Waals surface area contributed by atoms with Crippen LogP contribution in [-0.2, 0) is 9.53 Å². The van der Waals surface area contributed by atoms with E-state index in [4.69, 9.17) is 10.00 Å². The first-order valence-electron chi connectivity index (χ1n) is 7.22. The molecule has 0 bridgehead atoms. The third kappa shape index (κ3) is 5.17. The molecular weight excluding hydrogens is 242 g/mol. The molecule has 1 unspecified atom stereocenters. The van der Waals surface area contributed by atoms with Crippen LogP contribution in [0.5, 0.6) is 0 Å². The van der Waals surface area contributed by atoms with E-state index in [2.05, 4.69) is 17.9 Å². The lowest BCUT2D eigenvalue weighted by atomic mass is 10.1. The van der Waals surface area contributed by atoms with Gasteiger partial charge < -0.3 is 9.64 Å². The summed E-state index contributed by atoms with van der Waals surface area (Å²) in [5.41, 5.74) is 0. The van der Waals surface area contributed by atoms with Gasteiger partial charge >= 0.3 is 0 Å². The highest BCUT2D eigenvalue weighted by atomic mass is 16.5. The van der Waals surface area contributed by atoms with Gasteiger partial charge in [-0.05, 0) is 13.3 Å². The minimum absolute atomic E-state index is 0.00526.